The van der Waals surface area contributed by atoms with Gasteiger partial charge in [-0.15, -0.1) is 0 Å². The quantitative estimate of drug-likeness (QED) is 0.866. The summed E-state index contributed by atoms with van der Waals surface area (Å²) in [4.78, 5) is 0. The standard InChI is InChI=1S/C11H13NO2.C2H6/c1-13-9-2-3-10-8(4-5-12)7-14-11(10)6-9;1-2/h2-3,6-7H,4-5,12H2,1H3;1-2H3. The number of hydrogen-bond acceptors (Lipinski definition) is 3. The van der Waals surface area contributed by atoms with Crippen LogP contribution in [0.4, 0.5) is 0 Å². The molecule has 0 radical (unpaired) electrons. The number of rotatable bonds is 3. The molecule has 3 heteroatoms. The van der Waals surface area contributed by atoms with E-state index in [4.69, 9.17) is 14.9 Å². The molecule has 1 heterocycles. The molecule has 16 heavy (non-hydrogen) atoms. The average Bonchev–Trinajstić information content (AvgIpc) is 2.75. The van der Waals surface area contributed by atoms with Gasteiger partial charge in [0.1, 0.15) is 11.3 Å². The average molecular weight is 221 g/mol. The first-order chi connectivity index (χ1) is 7.85. The van der Waals surface area contributed by atoms with E-state index in [2.05, 4.69) is 0 Å². The molecule has 0 saturated carbocycles. The highest BCUT2D eigenvalue weighted by atomic mass is 16.5. The Labute approximate surface area is 96.2 Å². The Bertz CT molecular complexity index is 434. The van der Waals surface area contributed by atoms with E-state index in [9.17, 15) is 0 Å². The summed E-state index contributed by atoms with van der Waals surface area (Å²) in [6.07, 6.45) is 2.61. The van der Waals surface area contributed by atoms with Crippen LogP contribution in [-0.4, -0.2) is 13.7 Å². The third-order valence-corrected chi connectivity index (χ3v) is 2.28. The topological polar surface area (TPSA) is 48.4 Å². The molecule has 0 aliphatic rings. The fraction of sp³-hybridized carbons (Fsp3) is 0.385. The van der Waals surface area contributed by atoms with Gasteiger partial charge in [-0.2, -0.15) is 0 Å². The minimum Gasteiger partial charge on any atom is -0.497 e. The second-order valence-corrected chi connectivity index (χ2v) is 3.16. The van der Waals surface area contributed by atoms with Gasteiger partial charge in [-0.05, 0) is 30.7 Å². The van der Waals surface area contributed by atoms with Crippen molar-refractivity contribution in [2.45, 2.75) is 20.3 Å². The lowest BCUT2D eigenvalue weighted by molar-refractivity contribution is 0.414. The van der Waals surface area contributed by atoms with Gasteiger partial charge >= 0.3 is 0 Å². The Morgan fingerprint density at radius 1 is 1.31 bits per heavy atom. The Balaban J connectivity index is 0.000000606. The lowest BCUT2D eigenvalue weighted by atomic mass is 10.1. The van der Waals surface area contributed by atoms with E-state index in [-0.39, 0.29) is 0 Å². The van der Waals surface area contributed by atoms with E-state index < -0.39 is 0 Å². The van der Waals surface area contributed by atoms with Gasteiger partial charge in [0.2, 0.25) is 0 Å². The summed E-state index contributed by atoms with van der Waals surface area (Å²) in [7, 11) is 1.64. The summed E-state index contributed by atoms with van der Waals surface area (Å²) in [6.45, 7) is 4.64. The van der Waals surface area contributed by atoms with Crippen molar-refractivity contribution < 1.29 is 9.15 Å². The van der Waals surface area contributed by atoms with Gasteiger partial charge in [-0.3, -0.25) is 0 Å². The molecule has 0 unspecified atom stereocenters. The normalized spacial score (nSPS) is 9.75. The number of nitrogens with two attached hydrogens (primary N) is 1. The van der Waals surface area contributed by atoms with Crippen LogP contribution in [0.25, 0.3) is 11.0 Å². The Kier molecular flexibility index (Phi) is 4.86. The van der Waals surface area contributed by atoms with Crippen LogP contribution in [0.1, 0.15) is 19.4 Å². The van der Waals surface area contributed by atoms with Crippen molar-refractivity contribution in [1.82, 2.24) is 0 Å². The molecule has 88 valence electrons. The molecule has 2 rings (SSSR count). The Morgan fingerprint density at radius 3 is 2.69 bits per heavy atom. The maximum atomic E-state index is 5.50. The largest absolute Gasteiger partial charge is 0.497 e. The van der Waals surface area contributed by atoms with Crippen molar-refractivity contribution in [2.75, 3.05) is 13.7 Å². The fourth-order valence-electron chi connectivity index (χ4n) is 1.54. The van der Waals surface area contributed by atoms with E-state index in [0.29, 0.717) is 6.54 Å². The molecule has 1 aromatic carbocycles. The van der Waals surface area contributed by atoms with Crippen LogP contribution in [0, 0.1) is 0 Å². The molecule has 0 amide bonds. The first-order valence-corrected chi connectivity index (χ1v) is 5.59. The SMILES string of the molecule is CC.COc1ccc2c(CCN)coc2c1. The van der Waals surface area contributed by atoms with E-state index in [1.165, 1.54) is 0 Å². The molecule has 0 aliphatic carbocycles. The van der Waals surface area contributed by atoms with Gasteiger partial charge in [-0.25, -0.2) is 0 Å². The monoisotopic (exact) mass is 221 g/mol. The second kappa shape index (κ2) is 6.18. The highest BCUT2D eigenvalue weighted by Crippen LogP contribution is 2.25. The lowest BCUT2D eigenvalue weighted by Crippen LogP contribution is -2.01. The summed E-state index contributed by atoms with van der Waals surface area (Å²) >= 11 is 0. The summed E-state index contributed by atoms with van der Waals surface area (Å²) in [5.74, 6) is 0.811. The van der Waals surface area contributed by atoms with Crippen LogP contribution in [0.2, 0.25) is 0 Å². The predicted octanol–water partition coefficient (Wildman–Crippen LogP) is 2.97. The van der Waals surface area contributed by atoms with Crippen molar-refractivity contribution in [2.24, 2.45) is 5.73 Å². The molecule has 3 nitrogen and oxygen atoms in total. The Morgan fingerprint density at radius 2 is 2.06 bits per heavy atom. The summed E-state index contributed by atoms with van der Waals surface area (Å²) in [6, 6.07) is 5.82. The van der Waals surface area contributed by atoms with Gasteiger partial charge in [0.15, 0.2) is 0 Å². The molecule has 0 atom stereocenters. The number of furan rings is 1. The van der Waals surface area contributed by atoms with Gasteiger partial charge in [-0.1, -0.05) is 13.8 Å². The molecule has 0 bridgehead atoms. The van der Waals surface area contributed by atoms with Gasteiger partial charge in [0, 0.05) is 11.5 Å². The molecule has 0 saturated heterocycles. The highest BCUT2D eigenvalue weighted by Gasteiger charge is 2.05. The molecule has 2 aromatic rings. The molecule has 0 fully saturated rings. The van der Waals surface area contributed by atoms with E-state index >= 15 is 0 Å². The zero-order chi connectivity index (χ0) is 12.0. The predicted molar refractivity (Wildman–Crippen MR) is 66.9 cm³/mol. The van der Waals surface area contributed by atoms with Crippen LogP contribution in [-0.2, 0) is 6.42 Å². The minimum absolute atomic E-state index is 0.640. The fourth-order valence-corrected chi connectivity index (χ4v) is 1.54. The van der Waals surface area contributed by atoms with Crippen molar-refractivity contribution in [3.05, 3.63) is 30.0 Å². The first kappa shape index (κ1) is 12.6. The highest BCUT2D eigenvalue weighted by molar-refractivity contribution is 5.82. The first-order valence-electron chi connectivity index (χ1n) is 5.59. The summed E-state index contributed by atoms with van der Waals surface area (Å²) < 4.78 is 10.5. The number of hydrogen-bond donors (Lipinski definition) is 1. The van der Waals surface area contributed by atoms with Crippen LogP contribution in [0.5, 0.6) is 5.75 Å². The van der Waals surface area contributed by atoms with Crippen LogP contribution >= 0.6 is 0 Å². The maximum Gasteiger partial charge on any atom is 0.137 e. The molecule has 0 spiro atoms. The van der Waals surface area contributed by atoms with Crippen LogP contribution in [0.3, 0.4) is 0 Å². The van der Waals surface area contributed by atoms with Crippen LogP contribution < -0.4 is 10.5 Å². The van der Waals surface area contributed by atoms with Crippen molar-refractivity contribution in [1.29, 1.82) is 0 Å². The number of benzene rings is 1. The zero-order valence-corrected chi connectivity index (χ0v) is 10.1. The van der Waals surface area contributed by atoms with Gasteiger partial charge in [0.25, 0.3) is 0 Å². The van der Waals surface area contributed by atoms with Gasteiger partial charge in [0.05, 0.1) is 13.4 Å². The molecule has 1 aromatic heterocycles. The van der Waals surface area contributed by atoms with Crippen molar-refractivity contribution in [3.63, 3.8) is 0 Å². The molecular weight excluding hydrogens is 202 g/mol. The lowest BCUT2D eigenvalue weighted by Gasteiger charge is -1.98. The van der Waals surface area contributed by atoms with E-state index in [0.717, 1.165) is 28.7 Å². The maximum absolute atomic E-state index is 5.50. The summed E-state index contributed by atoms with van der Waals surface area (Å²) in [5.41, 5.74) is 7.51. The number of ether oxygens (including phenoxy) is 1. The summed E-state index contributed by atoms with van der Waals surface area (Å²) in [5, 5.41) is 1.12. The second-order valence-electron chi connectivity index (χ2n) is 3.16. The van der Waals surface area contributed by atoms with E-state index in [1.54, 1.807) is 13.4 Å². The van der Waals surface area contributed by atoms with E-state index in [1.807, 2.05) is 32.0 Å². The van der Waals surface area contributed by atoms with Gasteiger partial charge < -0.3 is 14.9 Å². The minimum atomic E-state index is 0.640. The molecule has 2 N–H and O–H groups in total. The molecular formula is C13H19NO2. The number of methoxy groups -OCH3 is 1. The Hall–Kier alpha value is -1.48. The zero-order valence-electron chi connectivity index (χ0n) is 10.1. The smallest absolute Gasteiger partial charge is 0.137 e. The van der Waals surface area contributed by atoms with Crippen molar-refractivity contribution in [3.8, 4) is 5.75 Å². The third-order valence-electron chi connectivity index (χ3n) is 2.28. The third kappa shape index (κ3) is 2.55. The number of fused-ring (bicyclic) bond motifs is 1. The van der Waals surface area contributed by atoms with Crippen LogP contribution in [0.15, 0.2) is 28.9 Å². The molecule has 0 aliphatic heterocycles. The van der Waals surface area contributed by atoms with Crippen molar-refractivity contribution >= 4 is 11.0 Å².